The fraction of sp³-hybridized carbons (Fsp3) is 0.286. The van der Waals surface area contributed by atoms with Crippen LogP contribution in [0.15, 0.2) is 60.7 Å². The van der Waals surface area contributed by atoms with Crippen LogP contribution in [0.1, 0.15) is 35.6 Å². The molecule has 2 heterocycles. The molecular formula is C28H27Cl2N3O4. The number of nitrogens with one attached hydrogen (secondary N) is 1. The molecule has 0 bridgehead atoms. The van der Waals surface area contributed by atoms with Crippen LogP contribution in [0.5, 0.6) is 0 Å². The number of piperidine rings is 1. The number of likely N-dealkylation sites (tertiary alicyclic amines) is 1. The number of ether oxygens (including phenoxy) is 1. The van der Waals surface area contributed by atoms with E-state index in [0.717, 1.165) is 46.3 Å². The van der Waals surface area contributed by atoms with Crippen LogP contribution < -0.4 is 10.2 Å². The summed E-state index contributed by atoms with van der Waals surface area (Å²) in [6, 6.07) is 19.0. The highest BCUT2D eigenvalue weighted by Crippen LogP contribution is 2.44. The second kappa shape index (κ2) is 10.3. The van der Waals surface area contributed by atoms with E-state index >= 15 is 0 Å². The first-order valence-electron chi connectivity index (χ1n) is 12.2. The average Bonchev–Trinajstić information content (AvgIpc) is 3.16. The van der Waals surface area contributed by atoms with Gasteiger partial charge in [-0.2, -0.15) is 0 Å². The molecule has 3 aromatic rings. The molecule has 3 aliphatic rings. The third-order valence-corrected chi connectivity index (χ3v) is 7.55. The topological polar surface area (TPSA) is 82.1 Å². The summed E-state index contributed by atoms with van der Waals surface area (Å²) in [5, 5.41) is 14.2. The lowest BCUT2D eigenvalue weighted by atomic mass is 10.0. The van der Waals surface area contributed by atoms with E-state index in [4.69, 9.17) is 16.3 Å². The summed E-state index contributed by atoms with van der Waals surface area (Å²) in [4.78, 5) is 29.2. The maximum Gasteiger partial charge on any atom is 0.414 e. The Hall–Kier alpha value is -3.10. The minimum Gasteiger partial charge on any atom is -0.444 e. The van der Waals surface area contributed by atoms with Crippen LogP contribution >= 0.6 is 24.0 Å². The molecule has 192 valence electrons. The summed E-state index contributed by atoms with van der Waals surface area (Å²) >= 11 is 6.11. The predicted octanol–water partition coefficient (Wildman–Crippen LogP) is 5.38. The van der Waals surface area contributed by atoms with E-state index in [1.165, 1.54) is 0 Å². The average molecular weight is 540 g/mol. The van der Waals surface area contributed by atoms with Crippen molar-refractivity contribution in [1.29, 1.82) is 0 Å². The summed E-state index contributed by atoms with van der Waals surface area (Å²) < 4.78 is 5.38. The van der Waals surface area contributed by atoms with Gasteiger partial charge in [0.05, 0.1) is 12.2 Å². The monoisotopic (exact) mass is 539 g/mol. The molecule has 3 aromatic carbocycles. The van der Waals surface area contributed by atoms with Gasteiger partial charge < -0.3 is 15.2 Å². The second-order valence-corrected chi connectivity index (χ2v) is 9.98. The molecule has 7 nitrogen and oxygen atoms in total. The number of aliphatic hydroxyl groups excluding tert-OH is 1. The van der Waals surface area contributed by atoms with Crippen molar-refractivity contribution in [3.8, 4) is 11.1 Å². The zero-order chi connectivity index (χ0) is 24.8. The Morgan fingerprint density at radius 3 is 2.59 bits per heavy atom. The predicted molar refractivity (Wildman–Crippen MR) is 145 cm³/mol. The summed E-state index contributed by atoms with van der Waals surface area (Å²) in [5.74, 6) is -0.0856. The molecule has 0 aromatic heterocycles. The molecule has 1 atom stereocenters. The number of hydrogen-bond donors (Lipinski definition) is 2. The van der Waals surface area contributed by atoms with E-state index in [9.17, 15) is 14.7 Å². The minimum atomic E-state index is -0.636. The summed E-state index contributed by atoms with van der Waals surface area (Å²) in [6.07, 6.45) is 0.531. The number of amides is 2. The van der Waals surface area contributed by atoms with E-state index < -0.39 is 6.10 Å². The zero-order valence-corrected chi connectivity index (χ0v) is 21.6. The number of carbonyl (C=O) groups excluding carboxylic acids is 2. The number of nitrogens with zero attached hydrogens (tertiary/aromatic N) is 2. The number of fused-ring (bicyclic) bond motifs is 4. The van der Waals surface area contributed by atoms with Gasteiger partial charge in [-0.1, -0.05) is 41.9 Å². The van der Waals surface area contributed by atoms with Crippen LogP contribution in [-0.2, 0) is 16.1 Å². The van der Waals surface area contributed by atoms with E-state index in [2.05, 4.69) is 10.2 Å². The molecule has 1 aliphatic carbocycles. The van der Waals surface area contributed by atoms with E-state index in [0.29, 0.717) is 23.8 Å². The number of hydrogen-bond acceptors (Lipinski definition) is 5. The van der Waals surface area contributed by atoms with Crippen LogP contribution in [0.25, 0.3) is 11.1 Å². The molecule has 1 unspecified atom stereocenters. The van der Waals surface area contributed by atoms with Crippen LogP contribution in [0.3, 0.4) is 0 Å². The van der Waals surface area contributed by atoms with Gasteiger partial charge in [-0.05, 0) is 65.4 Å². The normalized spacial score (nSPS) is 18.8. The van der Waals surface area contributed by atoms with Gasteiger partial charge in [0.1, 0.15) is 12.7 Å². The van der Waals surface area contributed by atoms with Crippen molar-refractivity contribution in [2.45, 2.75) is 31.6 Å². The second-order valence-electron chi connectivity index (χ2n) is 9.54. The molecule has 0 radical (unpaired) electrons. The Morgan fingerprint density at radius 1 is 1.03 bits per heavy atom. The molecule has 37 heavy (non-hydrogen) atoms. The Balaban J connectivity index is 0.00000280. The summed E-state index contributed by atoms with van der Waals surface area (Å²) in [7, 11) is 0. The Bertz CT molecular complexity index is 1360. The van der Waals surface area contributed by atoms with Gasteiger partial charge >= 0.3 is 6.09 Å². The molecule has 0 saturated carbocycles. The maximum absolute atomic E-state index is 12.8. The first kappa shape index (κ1) is 25.5. The number of rotatable bonds is 4. The van der Waals surface area contributed by atoms with Crippen molar-refractivity contribution in [1.82, 2.24) is 4.90 Å². The Labute approximate surface area is 226 Å². The zero-order valence-electron chi connectivity index (χ0n) is 20.0. The first-order chi connectivity index (χ1) is 17.5. The molecule has 1 saturated heterocycles. The highest BCUT2D eigenvalue weighted by atomic mass is 35.5. The van der Waals surface area contributed by atoms with Crippen molar-refractivity contribution >= 4 is 47.4 Å². The number of anilines is 2. The molecule has 9 heteroatoms. The lowest BCUT2D eigenvalue weighted by Gasteiger charge is -2.40. The van der Waals surface area contributed by atoms with Crippen LogP contribution in [0.2, 0.25) is 5.02 Å². The molecule has 2 N–H and O–H groups in total. The first-order valence-corrected chi connectivity index (χ1v) is 12.5. The lowest BCUT2D eigenvalue weighted by molar-refractivity contribution is -0.117. The lowest BCUT2D eigenvalue weighted by Crippen LogP contribution is -2.50. The van der Waals surface area contributed by atoms with Crippen molar-refractivity contribution in [2.75, 3.05) is 29.9 Å². The van der Waals surface area contributed by atoms with Gasteiger partial charge in [-0.15, -0.1) is 12.4 Å². The Morgan fingerprint density at radius 2 is 1.78 bits per heavy atom. The third-order valence-electron chi connectivity index (χ3n) is 7.32. The molecule has 2 aliphatic heterocycles. The van der Waals surface area contributed by atoms with Crippen molar-refractivity contribution in [3.05, 3.63) is 82.4 Å². The highest BCUT2D eigenvalue weighted by molar-refractivity contribution is 6.30. The SMILES string of the molecule is Cl.O=C(CN1CCC(N2C(=O)OCc3cc(Cl)ccc32)CC1)Nc1ccc2c(c1)-c1ccccc1C2O. The van der Waals surface area contributed by atoms with E-state index in [1.807, 2.05) is 54.6 Å². The largest absolute Gasteiger partial charge is 0.444 e. The van der Waals surface area contributed by atoms with Gasteiger partial charge in [0.15, 0.2) is 0 Å². The quantitative estimate of drug-likeness (QED) is 0.464. The number of cyclic esters (lactones) is 1. The summed E-state index contributed by atoms with van der Waals surface area (Å²) in [6.45, 7) is 1.92. The molecule has 2 amide bonds. The smallest absolute Gasteiger partial charge is 0.414 e. The van der Waals surface area contributed by atoms with Crippen LogP contribution in [-0.4, -0.2) is 47.7 Å². The number of carbonyl (C=O) groups is 2. The fourth-order valence-corrected chi connectivity index (χ4v) is 5.75. The number of aliphatic hydroxyl groups is 1. The highest BCUT2D eigenvalue weighted by Gasteiger charge is 2.34. The standard InChI is InChI=1S/C28H26ClN3O4.ClH/c29-18-5-8-25-17(13-18)16-36-28(35)32(25)20-9-11-31(12-10-20)15-26(33)30-19-6-7-23-24(14-19)21-3-1-2-4-22(21)27(23)34;/h1-8,13-14,20,27,34H,9-12,15-16H2,(H,30,33);1H. The van der Waals surface area contributed by atoms with Crippen LogP contribution in [0, 0.1) is 0 Å². The maximum atomic E-state index is 12.8. The number of halogens is 2. The van der Waals surface area contributed by atoms with Gasteiger partial charge in [-0.25, -0.2) is 4.79 Å². The molecule has 0 spiro atoms. The van der Waals surface area contributed by atoms with Gasteiger partial charge in [-0.3, -0.25) is 14.6 Å². The van der Waals surface area contributed by atoms with Crippen LogP contribution in [0.4, 0.5) is 16.2 Å². The molecular weight excluding hydrogens is 513 g/mol. The van der Waals surface area contributed by atoms with E-state index in [1.54, 1.807) is 11.0 Å². The summed E-state index contributed by atoms with van der Waals surface area (Å²) in [5.41, 5.74) is 6.18. The molecule has 6 rings (SSSR count). The fourth-order valence-electron chi connectivity index (χ4n) is 5.55. The van der Waals surface area contributed by atoms with Crippen molar-refractivity contribution in [2.24, 2.45) is 0 Å². The molecule has 1 fully saturated rings. The van der Waals surface area contributed by atoms with Crippen molar-refractivity contribution < 1.29 is 19.4 Å². The van der Waals surface area contributed by atoms with Crippen molar-refractivity contribution in [3.63, 3.8) is 0 Å². The van der Waals surface area contributed by atoms with E-state index in [-0.39, 0.29) is 43.6 Å². The van der Waals surface area contributed by atoms with Gasteiger partial charge in [0, 0.05) is 35.4 Å². The Kier molecular flexibility index (Phi) is 7.14. The van der Waals surface area contributed by atoms with Gasteiger partial charge in [0.2, 0.25) is 5.91 Å². The minimum absolute atomic E-state index is 0. The third kappa shape index (κ3) is 4.80. The van der Waals surface area contributed by atoms with Gasteiger partial charge in [0.25, 0.3) is 0 Å². The number of benzene rings is 3.